The Morgan fingerprint density at radius 3 is 2.76 bits per heavy atom. The molecule has 1 aliphatic heterocycles. The van der Waals surface area contributed by atoms with Gasteiger partial charge >= 0.3 is 0 Å². The van der Waals surface area contributed by atoms with Crippen LogP contribution in [0.2, 0.25) is 0 Å². The summed E-state index contributed by atoms with van der Waals surface area (Å²) in [5.74, 6) is 2.22. The van der Waals surface area contributed by atoms with Gasteiger partial charge in [0.05, 0.1) is 12.7 Å². The van der Waals surface area contributed by atoms with Crippen molar-refractivity contribution >= 4 is 0 Å². The Morgan fingerprint density at radius 2 is 1.94 bits per heavy atom. The Kier molecular flexibility index (Phi) is 2.27. The van der Waals surface area contributed by atoms with E-state index in [2.05, 4.69) is 29.6 Å². The summed E-state index contributed by atoms with van der Waals surface area (Å²) in [6.07, 6.45) is 3.10. The van der Waals surface area contributed by atoms with E-state index in [1.807, 2.05) is 0 Å². The number of ether oxygens (including phenoxy) is 1. The summed E-state index contributed by atoms with van der Waals surface area (Å²) in [5, 5.41) is 3.52. The minimum absolute atomic E-state index is 0.354. The largest absolute Gasteiger partial charge is 0.373 e. The first-order chi connectivity index (χ1) is 8.43. The van der Waals surface area contributed by atoms with E-state index < -0.39 is 0 Å². The lowest BCUT2D eigenvalue weighted by atomic mass is 9.96. The summed E-state index contributed by atoms with van der Waals surface area (Å²) in [6, 6.07) is 8.88. The van der Waals surface area contributed by atoms with Gasteiger partial charge in [0, 0.05) is 24.9 Å². The van der Waals surface area contributed by atoms with Gasteiger partial charge in [-0.3, -0.25) is 0 Å². The van der Waals surface area contributed by atoms with E-state index in [1.54, 1.807) is 0 Å². The molecule has 2 fully saturated rings. The highest BCUT2D eigenvalue weighted by atomic mass is 16.5. The van der Waals surface area contributed by atoms with Gasteiger partial charge in [0.15, 0.2) is 0 Å². The van der Waals surface area contributed by atoms with Crippen LogP contribution in [0.3, 0.4) is 0 Å². The molecule has 1 saturated heterocycles. The highest BCUT2D eigenvalue weighted by molar-refractivity contribution is 5.40. The maximum absolute atomic E-state index is 6.23. The molecule has 2 heteroatoms. The van der Waals surface area contributed by atoms with Gasteiger partial charge in [-0.2, -0.15) is 0 Å². The molecule has 1 heterocycles. The van der Waals surface area contributed by atoms with Gasteiger partial charge < -0.3 is 10.1 Å². The first kappa shape index (κ1) is 10.1. The second-order valence-electron chi connectivity index (χ2n) is 5.75. The molecule has 1 aromatic rings. The number of fused-ring (bicyclic) bond motifs is 3. The molecule has 0 radical (unpaired) electrons. The van der Waals surface area contributed by atoms with Crippen molar-refractivity contribution < 1.29 is 4.74 Å². The Morgan fingerprint density at radius 1 is 1.12 bits per heavy atom. The summed E-state index contributed by atoms with van der Waals surface area (Å²) < 4.78 is 6.23. The van der Waals surface area contributed by atoms with Crippen molar-refractivity contribution in [3.05, 3.63) is 35.4 Å². The molecule has 3 aliphatic rings. The van der Waals surface area contributed by atoms with Crippen LogP contribution in [-0.2, 0) is 4.74 Å². The zero-order chi connectivity index (χ0) is 11.2. The molecule has 0 bridgehead atoms. The third-order valence-corrected chi connectivity index (χ3v) is 4.56. The summed E-state index contributed by atoms with van der Waals surface area (Å²) in [7, 11) is 0. The van der Waals surface area contributed by atoms with Crippen molar-refractivity contribution in [3.8, 4) is 0 Å². The van der Waals surface area contributed by atoms with Gasteiger partial charge in [-0.05, 0) is 29.9 Å². The second kappa shape index (κ2) is 3.82. The molecule has 1 aromatic carbocycles. The molecule has 4 rings (SSSR count). The summed E-state index contributed by atoms with van der Waals surface area (Å²) in [5.41, 5.74) is 2.99. The van der Waals surface area contributed by atoms with E-state index in [1.165, 1.54) is 24.0 Å². The van der Waals surface area contributed by atoms with E-state index in [0.717, 1.165) is 25.6 Å². The van der Waals surface area contributed by atoms with E-state index in [0.29, 0.717) is 17.9 Å². The topological polar surface area (TPSA) is 21.3 Å². The zero-order valence-corrected chi connectivity index (χ0v) is 10.1. The molecule has 0 amide bonds. The number of benzene rings is 1. The number of nitrogens with one attached hydrogen (secondary N) is 1. The molecule has 1 saturated carbocycles. The van der Waals surface area contributed by atoms with E-state index in [4.69, 9.17) is 4.74 Å². The molecular weight excluding hydrogens is 210 g/mol. The number of hydrogen-bond donors (Lipinski definition) is 1. The predicted octanol–water partition coefficient (Wildman–Crippen LogP) is 2.47. The van der Waals surface area contributed by atoms with Crippen LogP contribution in [0.5, 0.6) is 0 Å². The predicted molar refractivity (Wildman–Crippen MR) is 67.0 cm³/mol. The standard InChI is InChI=1S/C15H19NO/c1-2-4-12-11(3-1)13-7-16-8-14(13)15(12)17-9-10-5-6-10/h1-4,10,13-16H,5-9H2/t13-,14-,15-/m0/s1. The molecule has 2 aliphatic carbocycles. The summed E-state index contributed by atoms with van der Waals surface area (Å²) >= 11 is 0. The van der Waals surface area contributed by atoms with Crippen LogP contribution < -0.4 is 5.32 Å². The quantitative estimate of drug-likeness (QED) is 0.859. The minimum atomic E-state index is 0.354. The van der Waals surface area contributed by atoms with Crippen LogP contribution in [-0.4, -0.2) is 19.7 Å². The normalized spacial score (nSPS) is 34.7. The van der Waals surface area contributed by atoms with Gasteiger partial charge in [0.25, 0.3) is 0 Å². The van der Waals surface area contributed by atoms with Crippen LogP contribution in [0.4, 0.5) is 0 Å². The van der Waals surface area contributed by atoms with Gasteiger partial charge in [-0.1, -0.05) is 24.3 Å². The van der Waals surface area contributed by atoms with Gasteiger partial charge in [0.1, 0.15) is 0 Å². The summed E-state index contributed by atoms with van der Waals surface area (Å²) in [6.45, 7) is 3.22. The summed E-state index contributed by atoms with van der Waals surface area (Å²) in [4.78, 5) is 0. The van der Waals surface area contributed by atoms with Crippen LogP contribution in [0.1, 0.15) is 36.0 Å². The molecule has 0 aromatic heterocycles. The first-order valence-electron chi connectivity index (χ1n) is 6.84. The molecule has 2 nitrogen and oxygen atoms in total. The Labute approximate surface area is 102 Å². The van der Waals surface area contributed by atoms with Crippen molar-refractivity contribution in [2.45, 2.75) is 24.9 Å². The third kappa shape index (κ3) is 1.62. The molecule has 1 N–H and O–H groups in total. The van der Waals surface area contributed by atoms with Gasteiger partial charge in [-0.15, -0.1) is 0 Å². The van der Waals surface area contributed by atoms with Crippen LogP contribution in [0.25, 0.3) is 0 Å². The average Bonchev–Trinajstić information content (AvgIpc) is 2.98. The Bertz CT molecular complexity index is 427. The molecule has 0 spiro atoms. The lowest BCUT2D eigenvalue weighted by molar-refractivity contribution is 0.0154. The highest BCUT2D eigenvalue weighted by Gasteiger charge is 2.44. The van der Waals surface area contributed by atoms with E-state index in [9.17, 15) is 0 Å². The Balaban J connectivity index is 1.63. The number of hydrogen-bond acceptors (Lipinski definition) is 2. The van der Waals surface area contributed by atoms with Crippen molar-refractivity contribution in [2.75, 3.05) is 19.7 Å². The van der Waals surface area contributed by atoms with E-state index in [-0.39, 0.29) is 0 Å². The minimum Gasteiger partial charge on any atom is -0.373 e. The third-order valence-electron chi connectivity index (χ3n) is 4.56. The van der Waals surface area contributed by atoms with Crippen LogP contribution in [0, 0.1) is 11.8 Å². The maximum atomic E-state index is 6.23. The van der Waals surface area contributed by atoms with Crippen molar-refractivity contribution in [3.63, 3.8) is 0 Å². The number of rotatable bonds is 3. The fourth-order valence-corrected chi connectivity index (χ4v) is 3.43. The van der Waals surface area contributed by atoms with Crippen LogP contribution >= 0.6 is 0 Å². The fourth-order valence-electron chi connectivity index (χ4n) is 3.43. The Hall–Kier alpha value is -0.860. The van der Waals surface area contributed by atoms with Gasteiger partial charge in [-0.25, -0.2) is 0 Å². The average molecular weight is 229 g/mol. The molecule has 3 atom stereocenters. The second-order valence-corrected chi connectivity index (χ2v) is 5.75. The molecular formula is C15H19NO. The van der Waals surface area contributed by atoms with E-state index >= 15 is 0 Å². The molecule has 0 unspecified atom stereocenters. The lowest BCUT2D eigenvalue weighted by Crippen LogP contribution is -2.18. The van der Waals surface area contributed by atoms with Crippen LogP contribution in [0.15, 0.2) is 24.3 Å². The SMILES string of the molecule is c1ccc2c(c1)[C@@H]1CNC[C@@H]1[C@H]2OCC1CC1. The first-order valence-corrected chi connectivity index (χ1v) is 6.84. The van der Waals surface area contributed by atoms with Gasteiger partial charge in [0.2, 0.25) is 0 Å². The smallest absolute Gasteiger partial charge is 0.0874 e. The molecule has 17 heavy (non-hydrogen) atoms. The highest BCUT2D eigenvalue weighted by Crippen LogP contribution is 2.49. The molecule has 90 valence electrons. The lowest BCUT2D eigenvalue weighted by Gasteiger charge is -2.19. The fraction of sp³-hybridized carbons (Fsp3) is 0.600. The zero-order valence-electron chi connectivity index (χ0n) is 10.1. The monoisotopic (exact) mass is 229 g/mol. The van der Waals surface area contributed by atoms with Crippen molar-refractivity contribution in [1.82, 2.24) is 5.32 Å². The maximum Gasteiger partial charge on any atom is 0.0874 e. The van der Waals surface area contributed by atoms with Crippen molar-refractivity contribution in [1.29, 1.82) is 0 Å². The van der Waals surface area contributed by atoms with Crippen molar-refractivity contribution in [2.24, 2.45) is 11.8 Å².